The third-order valence-electron chi connectivity index (χ3n) is 6.59. The topological polar surface area (TPSA) is 71.5 Å². The van der Waals surface area contributed by atoms with E-state index >= 15 is 0 Å². The molecule has 0 spiro atoms. The standard InChI is InChI=1S/C26H25BrF3NO4S2/c1-25(16-19(18-27)15-24(17-25)36(32,33)23-5-3-2-4-6-23)37(34,35)31-13-11-21(12-14-31)20-7-9-22(10-8-20)26(28,29)30/h2-11,15,17H,12-14,16,18H2,1H3. The van der Waals surface area contributed by atoms with Crippen molar-refractivity contribution in [1.29, 1.82) is 0 Å². The summed E-state index contributed by atoms with van der Waals surface area (Å²) in [5.74, 6) is 0. The molecule has 0 fully saturated rings. The van der Waals surface area contributed by atoms with Gasteiger partial charge in [0.25, 0.3) is 0 Å². The number of hydrogen-bond acceptors (Lipinski definition) is 4. The van der Waals surface area contributed by atoms with Crippen LogP contribution >= 0.6 is 15.9 Å². The Bertz CT molecular complexity index is 1480. The van der Waals surface area contributed by atoms with Gasteiger partial charge in [-0.15, -0.1) is 0 Å². The molecule has 1 heterocycles. The number of alkyl halides is 4. The van der Waals surface area contributed by atoms with E-state index in [-0.39, 0.29) is 29.3 Å². The summed E-state index contributed by atoms with van der Waals surface area (Å²) in [4.78, 5) is 0.0126. The van der Waals surface area contributed by atoms with Crippen LogP contribution < -0.4 is 0 Å². The summed E-state index contributed by atoms with van der Waals surface area (Å²) in [6.45, 7) is 1.69. The summed E-state index contributed by atoms with van der Waals surface area (Å²) in [6, 6.07) is 12.6. The molecule has 0 saturated heterocycles. The summed E-state index contributed by atoms with van der Waals surface area (Å²) in [7, 11) is -7.93. The molecule has 1 aliphatic heterocycles. The SMILES string of the molecule is CC1(S(=O)(=O)N2CC=C(c3ccc(C(F)(F)F)cc3)CC2)C=C(S(=O)(=O)c2ccccc2)C=C(CBr)C1. The van der Waals surface area contributed by atoms with Crippen LogP contribution in [0, 0.1) is 0 Å². The number of sulfone groups is 1. The van der Waals surface area contributed by atoms with Crippen LogP contribution in [0.25, 0.3) is 5.57 Å². The van der Waals surface area contributed by atoms with Crippen molar-refractivity contribution in [3.63, 3.8) is 0 Å². The van der Waals surface area contributed by atoms with E-state index in [4.69, 9.17) is 0 Å². The van der Waals surface area contributed by atoms with Crippen LogP contribution in [0.3, 0.4) is 0 Å². The molecule has 0 radical (unpaired) electrons. The van der Waals surface area contributed by atoms with Crippen molar-refractivity contribution >= 4 is 41.4 Å². The quantitative estimate of drug-likeness (QED) is 0.376. The van der Waals surface area contributed by atoms with Gasteiger partial charge in [-0.05, 0) is 67.3 Å². The first-order chi connectivity index (χ1) is 17.3. The first kappa shape index (κ1) is 27.8. The highest BCUT2D eigenvalue weighted by molar-refractivity contribution is 9.09. The van der Waals surface area contributed by atoms with E-state index in [1.165, 1.54) is 47.6 Å². The van der Waals surface area contributed by atoms with Crippen molar-refractivity contribution in [1.82, 2.24) is 4.31 Å². The van der Waals surface area contributed by atoms with Crippen molar-refractivity contribution in [2.24, 2.45) is 0 Å². The molecule has 0 saturated carbocycles. The normalized spacial score (nSPS) is 21.7. The lowest BCUT2D eigenvalue weighted by atomic mass is 9.96. The van der Waals surface area contributed by atoms with Crippen molar-refractivity contribution in [3.8, 4) is 0 Å². The molecule has 4 rings (SSSR count). The van der Waals surface area contributed by atoms with Crippen molar-refractivity contribution in [2.75, 3.05) is 18.4 Å². The number of sulfonamides is 1. The van der Waals surface area contributed by atoms with E-state index in [2.05, 4.69) is 15.9 Å². The molecule has 0 bridgehead atoms. The average Bonchev–Trinajstić information content (AvgIpc) is 2.88. The van der Waals surface area contributed by atoms with E-state index in [1.54, 1.807) is 24.3 Å². The maximum atomic E-state index is 13.8. The Kier molecular flexibility index (Phi) is 7.64. The van der Waals surface area contributed by atoms with Crippen LogP contribution in [-0.4, -0.2) is 44.3 Å². The van der Waals surface area contributed by atoms with Gasteiger partial charge in [-0.1, -0.05) is 57.9 Å². The Balaban J connectivity index is 1.62. The van der Waals surface area contributed by atoms with Gasteiger partial charge in [-0.3, -0.25) is 0 Å². The monoisotopic (exact) mass is 615 g/mol. The predicted octanol–water partition coefficient (Wildman–Crippen LogP) is 5.97. The summed E-state index contributed by atoms with van der Waals surface area (Å²) >= 11 is 3.35. The number of rotatable bonds is 6. The van der Waals surface area contributed by atoms with Gasteiger partial charge in [0.1, 0.15) is 4.75 Å². The molecule has 2 aromatic rings. The minimum Gasteiger partial charge on any atom is -0.219 e. The molecule has 2 aliphatic rings. The Hall–Kier alpha value is -2.21. The third kappa shape index (κ3) is 5.50. The molecule has 1 unspecified atom stereocenters. The minimum atomic E-state index is -4.43. The molecule has 37 heavy (non-hydrogen) atoms. The van der Waals surface area contributed by atoms with Gasteiger partial charge in [0.05, 0.1) is 15.4 Å². The Labute approximate surface area is 223 Å². The zero-order valence-electron chi connectivity index (χ0n) is 19.9. The molecule has 0 amide bonds. The van der Waals surface area contributed by atoms with Crippen molar-refractivity contribution in [3.05, 3.63) is 94.4 Å². The van der Waals surface area contributed by atoms with Gasteiger partial charge in [0.2, 0.25) is 19.9 Å². The van der Waals surface area contributed by atoms with Gasteiger partial charge in [0, 0.05) is 18.4 Å². The highest BCUT2D eigenvalue weighted by Crippen LogP contribution is 2.40. The molecular formula is C26H25BrF3NO4S2. The van der Waals surface area contributed by atoms with Crippen LogP contribution in [0.5, 0.6) is 0 Å². The summed E-state index contributed by atoms with van der Waals surface area (Å²) in [6.07, 6.45) is 0.561. The maximum Gasteiger partial charge on any atom is 0.416 e. The molecule has 1 aliphatic carbocycles. The second kappa shape index (κ2) is 10.2. The Morgan fingerprint density at radius 1 is 1.00 bits per heavy atom. The van der Waals surface area contributed by atoms with Crippen LogP contribution in [0.1, 0.15) is 30.9 Å². The van der Waals surface area contributed by atoms with E-state index < -0.39 is 36.3 Å². The lowest BCUT2D eigenvalue weighted by molar-refractivity contribution is -0.137. The Morgan fingerprint density at radius 2 is 1.65 bits per heavy atom. The number of allylic oxidation sites excluding steroid dienone is 2. The maximum absolute atomic E-state index is 13.8. The molecule has 198 valence electrons. The van der Waals surface area contributed by atoms with Gasteiger partial charge in [-0.25, -0.2) is 16.8 Å². The molecule has 2 aromatic carbocycles. The van der Waals surface area contributed by atoms with Crippen molar-refractivity contribution in [2.45, 2.75) is 35.6 Å². The molecule has 0 aromatic heterocycles. The zero-order chi connectivity index (χ0) is 27.1. The fourth-order valence-corrected chi connectivity index (χ4v) is 8.33. The minimum absolute atomic E-state index is 0.0379. The van der Waals surface area contributed by atoms with Gasteiger partial charge < -0.3 is 0 Å². The molecule has 1 atom stereocenters. The average molecular weight is 617 g/mol. The van der Waals surface area contributed by atoms with Gasteiger partial charge in [0.15, 0.2) is 0 Å². The Morgan fingerprint density at radius 3 is 2.19 bits per heavy atom. The summed E-state index contributed by atoms with van der Waals surface area (Å²) < 4.78 is 92.7. The van der Waals surface area contributed by atoms with Crippen molar-refractivity contribution < 1.29 is 30.0 Å². The second-order valence-electron chi connectivity index (χ2n) is 9.21. The van der Waals surface area contributed by atoms with Gasteiger partial charge in [-0.2, -0.15) is 17.5 Å². The fourth-order valence-electron chi connectivity index (χ4n) is 4.54. The second-order valence-corrected chi connectivity index (χ2v) is 14.1. The smallest absolute Gasteiger partial charge is 0.219 e. The fraction of sp³-hybridized carbons (Fsp3) is 0.308. The lowest BCUT2D eigenvalue weighted by Crippen LogP contribution is -2.48. The molecule has 0 N–H and O–H groups in total. The summed E-state index contributed by atoms with van der Waals surface area (Å²) in [5.41, 5.74) is 1.26. The molecule has 11 heteroatoms. The number of nitrogens with zero attached hydrogens (tertiary/aromatic N) is 1. The van der Waals surface area contributed by atoms with Crippen LogP contribution in [0.2, 0.25) is 0 Å². The zero-order valence-corrected chi connectivity index (χ0v) is 23.1. The van der Waals surface area contributed by atoms with Crippen LogP contribution in [0.4, 0.5) is 13.2 Å². The third-order valence-corrected chi connectivity index (χ3v) is 11.5. The lowest BCUT2D eigenvalue weighted by Gasteiger charge is -2.37. The number of hydrogen-bond donors (Lipinski definition) is 0. The van der Waals surface area contributed by atoms with Crippen LogP contribution in [-0.2, 0) is 26.0 Å². The van der Waals surface area contributed by atoms with E-state index in [9.17, 15) is 30.0 Å². The van der Waals surface area contributed by atoms with Crippen LogP contribution in [0.15, 0.2) is 88.2 Å². The highest BCUT2D eigenvalue weighted by atomic mass is 79.9. The van der Waals surface area contributed by atoms with E-state index in [0.29, 0.717) is 22.9 Å². The predicted molar refractivity (Wildman–Crippen MR) is 141 cm³/mol. The molecule has 5 nitrogen and oxygen atoms in total. The first-order valence-electron chi connectivity index (χ1n) is 11.4. The van der Waals surface area contributed by atoms with E-state index in [1.807, 2.05) is 0 Å². The van der Waals surface area contributed by atoms with Gasteiger partial charge >= 0.3 is 6.18 Å². The number of benzene rings is 2. The first-order valence-corrected chi connectivity index (χ1v) is 15.5. The molecular weight excluding hydrogens is 591 g/mol. The number of halogens is 4. The highest BCUT2D eigenvalue weighted by Gasteiger charge is 2.45. The largest absolute Gasteiger partial charge is 0.416 e. The summed E-state index contributed by atoms with van der Waals surface area (Å²) in [5, 5.41) is 0.317. The van der Waals surface area contributed by atoms with E-state index in [0.717, 1.165) is 17.7 Å².